The zero-order chi connectivity index (χ0) is 16.0. The lowest BCUT2D eigenvalue weighted by molar-refractivity contribution is -0.142. The van der Waals surface area contributed by atoms with Crippen LogP contribution in [0.3, 0.4) is 0 Å². The Hall–Kier alpha value is -2.02. The van der Waals surface area contributed by atoms with Gasteiger partial charge in [-0.1, -0.05) is 6.07 Å². The first-order chi connectivity index (χ1) is 9.88. The van der Waals surface area contributed by atoms with Crippen LogP contribution in [-0.2, 0) is 14.3 Å². The lowest BCUT2D eigenvalue weighted by Gasteiger charge is -2.18. The van der Waals surface area contributed by atoms with Gasteiger partial charge in [-0.25, -0.2) is 13.6 Å². The summed E-state index contributed by atoms with van der Waals surface area (Å²) in [5, 5.41) is 11.2. The number of hydrogen-bond donors (Lipinski definition) is 2. The maximum absolute atomic E-state index is 13.6. The van der Waals surface area contributed by atoms with Gasteiger partial charge in [0.05, 0.1) is 5.92 Å². The number of carbonyl (C=O) groups is 2. The molecule has 0 aliphatic rings. The van der Waals surface area contributed by atoms with Gasteiger partial charge in [0.1, 0.15) is 17.7 Å². The maximum atomic E-state index is 13.6. The van der Waals surface area contributed by atoms with E-state index in [0.29, 0.717) is 0 Å². The van der Waals surface area contributed by atoms with E-state index in [1.165, 1.54) is 20.1 Å². The summed E-state index contributed by atoms with van der Waals surface area (Å²) >= 11 is 0. The third-order valence-electron chi connectivity index (χ3n) is 3.05. The van der Waals surface area contributed by atoms with Gasteiger partial charge in [-0.15, -0.1) is 0 Å². The Bertz CT molecular complexity index is 501. The molecule has 2 N–H and O–H groups in total. The molecule has 0 aromatic heterocycles. The molecule has 0 bridgehead atoms. The number of carboxylic acids is 1. The summed E-state index contributed by atoms with van der Waals surface area (Å²) < 4.78 is 32.0. The fraction of sp³-hybridized carbons (Fsp3) is 0.429. The summed E-state index contributed by atoms with van der Waals surface area (Å²) in [4.78, 5) is 23.0. The van der Waals surface area contributed by atoms with Crippen molar-refractivity contribution >= 4 is 11.9 Å². The van der Waals surface area contributed by atoms with Gasteiger partial charge >= 0.3 is 5.97 Å². The number of hydrogen-bond acceptors (Lipinski definition) is 3. The first-order valence-corrected chi connectivity index (χ1v) is 6.34. The first kappa shape index (κ1) is 17.0. The summed E-state index contributed by atoms with van der Waals surface area (Å²) in [5.41, 5.74) is -0.383. The van der Waals surface area contributed by atoms with Crippen molar-refractivity contribution in [3.8, 4) is 0 Å². The van der Waals surface area contributed by atoms with Gasteiger partial charge in [-0.2, -0.15) is 0 Å². The van der Waals surface area contributed by atoms with Crippen molar-refractivity contribution in [1.29, 1.82) is 0 Å². The van der Waals surface area contributed by atoms with Crippen molar-refractivity contribution in [2.45, 2.75) is 25.3 Å². The second-order valence-corrected chi connectivity index (χ2v) is 4.54. The normalized spacial score (nSPS) is 13.5. The fourth-order valence-corrected chi connectivity index (χ4v) is 1.85. The van der Waals surface area contributed by atoms with E-state index in [1.807, 2.05) is 0 Å². The Morgan fingerprint density at radius 1 is 1.33 bits per heavy atom. The van der Waals surface area contributed by atoms with Crippen molar-refractivity contribution in [1.82, 2.24) is 5.32 Å². The minimum atomic E-state index is -1.23. The number of carboxylic acid groups (broad SMARTS) is 1. The predicted octanol–water partition coefficient (Wildman–Crippen LogP) is 1.67. The number of rotatable bonds is 7. The molecule has 5 nitrogen and oxygen atoms in total. The Balaban J connectivity index is 2.84. The number of amides is 1. The second kappa shape index (κ2) is 7.68. The third-order valence-corrected chi connectivity index (χ3v) is 3.05. The second-order valence-electron chi connectivity index (χ2n) is 4.54. The molecule has 7 heteroatoms. The van der Waals surface area contributed by atoms with Crippen LogP contribution in [0, 0.1) is 11.6 Å². The Kier molecular flexibility index (Phi) is 6.23. The molecule has 1 rings (SSSR count). The Morgan fingerprint density at radius 3 is 2.38 bits per heavy atom. The average Bonchev–Trinajstić information content (AvgIpc) is 2.42. The van der Waals surface area contributed by atoms with Crippen molar-refractivity contribution in [2.75, 3.05) is 13.7 Å². The van der Waals surface area contributed by atoms with Crippen LogP contribution in [0.25, 0.3) is 0 Å². The number of nitrogens with one attached hydrogen (secondary N) is 1. The zero-order valence-electron chi connectivity index (χ0n) is 11.7. The van der Waals surface area contributed by atoms with Crippen LogP contribution >= 0.6 is 0 Å². The number of halogens is 2. The van der Waals surface area contributed by atoms with Gasteiger partial charge in [0.15, 0.2) is 0 Å². The number of carbonyl (C=O) groups excluding carboxylic acids is 1. The van der Waals surface area contributed by atoms with Crippen LogP contribution in [0.15, 0.2) is 18.2 Å². The molecule has 0 radical (unpaired) electrons. The van der Waals surface area contributed by atoms with Crippen molar-refractivity contribution < 1.29 is 28.2 Å². The van der Waals surface area contributed by atoms with Gasteiger partial charge in [0.25, 0.3) is 0 Å². The molecule has 0 heterocycles. The highest BCUT2D eigenvalue weighted by molar-refractivity contribution is 5.87. The molecule has 21 heavy (non-hydrogen) atoms. The summed E-state index contributed by atoms with van der Waals surface area (Å²) in [6.07, 6.45) is 0.0596. The standard InChI is InChI=1S/C14H17F2NO4/c1-8(12-9(15)4-3-5-10(12)16)13(18)17-11(14(19)20)6-7-21-2/h3-5,8,11H,6-7H2,1-2H3,(H,17,18)(H,19,20). The van der Waals surface area contributed by atoms with E-state index in [-0.39, 0.29) is 18.6 Å². The first-order valence-electron chi connectivity index (χ1n) is 6.34. The molecule has 0 saturated carbocycles. The molecule has 2 unspecified atom stereocenters. The molecule has 0 fully saturated rings. The highest BCUT2D eigenvalue weighted by atomic mass is 19.1. The summed E-state index contributed by atoms with van der Waals surface area (Å²) in [6.45, 7) is 1.45. The van der Waals surface area contributed by atoms with E-state index in [0.717, 1.165) is 12.1 Å². The van der Waals surface area contributed by atoms with E-state index in [1.54, 1.807) is 0 Å². The zero-order valence-corrected chi connectivity index (χ0v) is 11.7. The predicted molar refractivity (Wildman–Crippen MR) is 70.8 cm³/mol. The monoisotopic (exact) mass is 301 g/mol. The highest BCUT2D eigenvalue weighted by Gasteiger charge is 2.26. The molecule has 0 aliphatic heterocycles. The van der Waals surface area contributed by atoms with Gasteiger partial charge in [0, 0.05) is 25.7 Å². The lowest BCUT2D eigenvalue weighted by Crippen LogP contribution is -2.43. The van der Waals surface area contributed by atoms with E-state index >= 15 is 0 Å². The smallest absolute Gasteiger partial charge is 0.326 e. The number of ether oxygens (including phenoxy) is 1. The van der Waals surface area contributed by atoms with Crippen LogP contribution < -0.4 is 5.32 Å². The SMILES string of the molecule is COCCC(NC(=O)C(C)c1c(F)cccc1F)C(=O)O. The van der Waals surface area contributed by atoms with E-state index in [4.69, 9.17) is 9.84 Å². The average molecular weight is 301 g/mol. The summed E-state index contributed by atoms with van der Waals surface area (Å²) in [7, 11) is 1.40. The maximum Gasteiger partial charge on any atom is 0.326 e. The minimum absolute atomic E-state index is 0.0596. The molecule has 1 aromatic carbocycles. The molecule has 2 atom stereocenters. The van der Waals surface area contributed by atoms with Crippen LogP contribution in [0.2, 0.25) is 0 Å². The molecule has 0 saturated heterocycles. The number of methoxy groups -OCH3 is 1. The van der Waals surface area contributed by atoms with Crippen molar-refractivity contribution in [2.24, 2.45) is 0 Å². The van der Waals surface area contributed by atoms with Crippen molar-refractivity contribution in [3.63, 3.8) is 0 Å². The van der Waals surface area contributed by atoms with E-state index in [9.17, 15) is 18.4 Å². The molecule has 1 amide bonds. The molecule has 0 spiro atoms. The van der Waals surface area contributed by atoms with Crippen LogP contribution in [0.4, 0.5) is 8.78 Å². The summed E-state index contributed by atoms with van der Waals surface area (Å²) in [5.74, 6) is -4.83. The van der Waals surface area contributed by atoms with Gasteiger partial charge in [-0.05, 0) is 19.1 Å². The minimum Gasteiger partial charge on any atom is -0.480 e. The molecule has 116 valence electrons. The van der Waals surface area contributed by atoms with Gasteiger partial charge in [-0.3, -0.25) is 4.79 Å². The highest BCUT2D eigenvalue weighted by Crippen LogP contribution is 2.22. The molecular weight excluding hydrogens is 284 g/mol. The lowest BCUT2D eigenvalue weighted by atomic mass is 9.98. The molecular formula is C14H17F2NO4. The Morgan fingerprint density at radius 2 is 1.90 bits per heavy atom. The van der Waals surface area contributed by atoms with E-state index in [2.05, 4.69) is 5.32 Å². The summed E-state index contributed by atoms with van der Waals surface area (Å²) in [6, 6.07) is 2.11. The number of aliphatic carboxylic acids is 1. The third kappa shape index (κ3) is 4.49. The van der Waals surface area contributed by atoms with Crippen LogP contribution in [0.1, 0.15) is 24.8 Å². The van der Waals surface area contributed by atoms with Gasteiger partial charge in [0.2, 0.25) is 5.91 Å². The molecule has 0 aliphatic carbocycles. The number of benzene rings is 1. The van der Waals surface area contributed by atoms with Crippen LogP contribution in [-0.4, -0.2) is 36.7 Å². The van der Waals surface area contributed by atoms with Crippen molar-refractivity contribution in [3.05, 3.63) is 35.4 Å². The topological polar surface area (TPSA) is 75.6 Å². The largest absolute Gasteiger partial charge is 0.480 e. The quantitative estimate of drug-likeness (QED) is 0.803. The Labute approximate surface area is 120 Å². The van der Waals surface area contributed by atoms with Crippen LogP contribution in [0.5, 0.6) is 0 Å². The van der Waals surface area contributed by atoms with Gasteiger partial charge < -0.3 is 15.2 Å². The van der Waals surface area contributed by atoms with E-state index < -0.39 is 35.5 Å². The fourth-order valence-electron chi connectivity index (χ4n) is 1.85. The molecule has 1 aromatic rings.